The zero-order valence-electron chi connectivity index (χ0n) is 19.1. The molecule has 0 spiro atoms. The van der Waals surface area contributed by atoms with E-state index < -0.39 is 0 Å². The molecule has 32 heavy (non-hydrogen) atoms. The molecule has 5 heteroatoms. The van der Waals surface area contributed by atoms with Crippen LogP contribution in [0, 0.1) is 13.8 Å². The smallest absolute Gasteiger partial charge is 0.138 e. The van der Waals surface area contributed by atoms with Crippen molar-refractivity contribution < 1.29 is 14.2 Å². The van der Waals surface area contributed by atoms with Gasteiger partial charge in [0.15, 0.2) is 0 Å². The fraction of sp³-hybridized carbons (Fsp3) is 0.222. The summed E-state index contributed by atoms with van der Waals surface area (Å²) >= 11 is 0. The Morgan fingerprint density at radius 2 is 1.78 bits per heavy atom. The molecule has 0 bridgehead atoms. The molecule has 2 aromatic carbocycles. The lowest BCUT2D eigenvalue weighted by molar-refractivity contribution is 0.315. The topological polar surface area (TPSA) is 52.6 Å². The number of aromatic nitrogens is 1. The van der Waals surface area contributed by atoms with Crippen LogP contribution in [0.5, 0.6) is 17.2 Å². The second kappa shape index (κ2) is 11.0. The molecule has 0 radical (unpaired) electrons. The number of para-hydroxylation sites is 1. The molecule has 0 aliphatic rings. The molecule has 166 valence electrons. The molecule has 0 atom stereocenters. The van der Waals surface area contributed by atoms with Crippen LogP contribution in [0.4, 0.5) is 5.69 Å². The Morgan fingerprint density at radius 3 is 2.44 bits per heavy atom. The van der Waals surface area contributed by atoms with Crippen molar-refractivity contribution >= 4 is 17.8 Å². The van der Waals surface area contributed by atoms with E-state index >= 15 is 0 Å². The third-order valence-electron chi connectivity index (χ3n) is 4.99. The number of aryl methyl sites for hydroxylation is 2. The molecule has 5 nitrogen and oxygen atoms in total. The van der Waals surface area contributed by atoms with Crippen molar-refractivity contribution in [3.63, 3.8) is 0 Å². The molecular formula is C27H30N2O3. The van der Waals surface area contributed by atoms with Crippen LogP contribution in [0.3, 0.4) is 0 Å². The summed E-state index contributed by atoms with van der Waals surface area (Å²) in [6, 6.07) is 15.8. The number of hydrogen-bond donors (Lipinski definition) is 1. The Bertz CT molecular complexity index is 1160. The normalized spacial score (nSPS) is 11.9. The maximum Gasteiger partial charge on any atom is 0.138 e. The third kappa shape index (κ3) is 5.91. The van der Waals surface area contributed by atoms with E-state index in [0.717, 1.165) is 38.9 Å². The van der Waals surface area contributed by atoms with Gasteiger partial charge in [-0.2, -0.15) is 0 Å². The van der Waals surface area contributed by atoms with Gasteiger partial charge >= 0.3 is 0 Å². The Labute approximate surface area is 189 Å². The highest BCUT2D eigenvalue weighted by molar-refractivity contribution is 5.49. The summed E-state index contributed by atoms with van der Waals surface area (Å²) in [5, 5.41) is 5.01. The molecule has 1 N–H and O–H groups in total. The van der Waals surface area contributed by atoms with E-state index in [1.807, 2.05) is 55.5 Å². The minimum Gasteiger partial charge on any atom is -0.497 e. The van der Waals surface area contributed by atoms with E-state index in [-0.39, 0.29) is 0 Å². The minimum absolute atomic E-state index is 0.536. The standard InChI is InChI=1S/C27H30N2O3/c1-6-25-24(18-21(4)30-5)26(14-15-29-25)32-23-12-10-22(11-13-23)28-16-17-31-27-19(2)8-7-9-20(27)3/h6-15,18,28H,4,16-17H2,1-3,5H3/b24-18+,25-6+. The van der Waals surface area contributed by atoms with Crippen LogP contribution in [-0.2, 0) is 4.74 Å². The van der Waals surface area contributed by atoms with Crippen molar-refractivity contribution in [3.05, 3.63) is 88.8 Å². The number of rotatable bonds is 9. The summed E-state index contributed by atoms with van der Waals surface area (Å²) in [6.07, 6.45) is 5.47. The van der Waals surface area contributed by atoms with Crippen molar-refractivity contribution in [2.24, 2.45) is 0 Å². The zero-order chi connectivity index (χ0) is 22.9. The largest absolute Gasteiger partial charge is 0.497 e. The maximum absolute atomic E-state index is 6.12. The van der Waals surface area contributed by atoms with Gasteiger partial charge in [0.05, 0.1) is 12.5 Å². The molecule has 0 aliphatic carbocycles. The second-order valence-corrected chi connectivity index (χ2v) is 7.33. The summed E-state index contributed by atoms with van der Waals surface area (Å²) < 4.78 is 17.3. The Kier molecular flexibility index (Phi) is 7.92. The highest BCUT2D eigenvalue weighted by Crippen LogP contribution is 2.23. The molecule has 0 saturated heterocycles. The van der Waals surface area contributed by atoms with Crippen LogP contribution in [0.1, 0.15) is 18.1 Å². The first-order valence-electron chi connectivity index (χ1n) is 10.6. The molecule has 0 fully saturated rings. The highest BCUT2D eigenvalue weighted by Gasteiger charge is 2.04. The number of pyridine rings is 1. The van der Waals surface area contributed by atoms with Gasteiger partial charge in [-0.3, -0.25) is 4.98 Å². The second-order valence-electron chi connectivity index (χ2n) is 7.33. The average molecular weight is 431 g/mol. The number of allylic oxidation sites excluding steroid dienone is 1. The quantitative estimate of drug-likeness (QED) is 0.393. The Morgan fingerprint density at radius 1 is 1.06 bits per heavy atom. The molecule has 3 rings (SSSR count). The zero-order valence-corrected chi connectivity index (χ0v) is 19.1. The van der Waals surface area contributed by atoms with Gasteiger partial charge in [-0.1, -0.05) is 30.9 Å². The van der Waals surface area contributed by atoms with Gasteiger partial charge in [0.1, 0.15) is 29.6 Å². The van der Waals surface area contributed by atoms with Crippen LogP contribution in [0.2, 0.25) is 0 Å². The summed E-state index contributed by atoms with van der Waals surface area (Å²) in [4.78, 5) is 4.39. The molecule has 1 heterocycles. The molecular weight excluding hydrogens is 400 g/mol. The number of anilines is 1. The summed E-state index contributed by atoms with van der Waals surface area (Å²) in [5.41, 5.74) is 3.30. The molecule has 1 aromatic heterocycles. The average Bonchev–Trinajstić information content (AvgIpc) is 2.80. The van der Waals surface area contributed by atoms with Gasteiger partial charge in [-0.15, -0.1) is 0 Å². The summed E-state index contributed by atoms with van der Waals surface area (Å²) in [6.45, 7) is 11.2. The van der Waals surface area contributed by atoms with Crippen molar-refractivity contribution in [1.29, 1.82) is 0 Å². The summed E-state index contributed by atoms with van der Waals surface area (Å²) in [5.74, 6) is 2.92. The van der Waals surface area contributed by atoms with Crippen molar-refractivity contribution in [2.45, 2.75) is 20.8 Å². The van der Waals surface area contributed by atoms with E-state index in [1.54, 1.807) is 13.3 Å². The van der Waals surface area contributed by atoms with Crippen LogP contribution < -0.4 is 25.4 Å². The van der Waals surface area contributed by atoms with Gasteiger partial charge in [-0.05, 0) is 68.3 Å². The molecule has 3 aromatic rings. The van der Waals surface area contributed by atoms with Crippen LogP contribution in [0.25, 0.3) is 12.2 Å². The number of nitrogens with one attached hydrogen (secondary N) is 1. The van der Waals surface area contributed by atoms with E-state index in [9.17, 15) is 0 Å². The van der Waals surface area contributed by atoms with Gasteiger partial charge in [-0.25, -0.2) is 0 Å². The first kappa shape index (κ1) is 22.9. The number of methoxy groups -OCH3 is 1. The van der Waals surface area contributed by atoms with E-state index in [4.69, 9.17) is 14.2 Å². The Hall–Kier alpha value is -3.73. The van der Waals surface area contributed by atoms with Crippen molar-refractivity contribution in [2.75, 3.05) is 25.6 Å². The molecule has 0 unspecified atom stereocenters. The van der Waals surface area contributed by atoms with Crippen LogP contribution >= 0.6 is 0 Å². The first-order valence-corrected chi connectivity index (χ1v) is 10.6. The SMILES string of the molecule is C=C(/C=c1/c(Oc2ccc(NCCOc3c(C)cccc3C)cc2)ccn/c1=C/C)OC. The third-order valence-corrected chi connectivity index (χ3v) is 4.99. The van der Waals surface area contributed by atoms with Gasteiger partial charge in [0.2, 0.25) is 0 Å². The fourth-order valence-corrected chi connectivity index (χ4v) is 3.30. The van der Waals surface area contributed by atoms with Crippen LogP contribution in [0.15, 0.2) is 67.1 Å². The van der Waals surface area contributed by atoms with Gasteiger partial charge in [0, 0.05) is 23.6 Å². The predicted molar refractivity (Wildman–Crippen MR) is 131 cm³/mol. The number of ether oxygens (including phenoxy) is 3. The number of hydrogen-bond acceptors (Lipinski definition) is 5. The van der Waals surface area contributed by atoms with E-state index in [2.05, 4.69) is 42.9 Å². The lowest BCUT2D eigenvalue weighted by Gasteiger charge is -2.13. The maximum atomic E-state index is 6.12. The molecule has 0 saturated carbocycles. The monoisotopic (exact) mass is 430 g/mol. The lowest BCUT2D eigenvalue weighted by Crippen LogP contribution is -2.29. The van der Waals surface area contributed by atoms with E-state index in [1.165, 1.54) is 0 Å². The van der Waals surface area contributed by atoms with Crippen LogP contribution in [-0.4, -0.2) is 25.2 Å². The number of benzene rings is 2. The lowest BCUT2D eigenvalue weighted by atomic mass is 10.1. The van der Waals surface area contributed by atoms with Crippen molar-refractivity contribution in [3.8, 4) is 17.2 Å². The van der Waals surface area contributed by atoms with Gasteiger partial charge < -0.3 is 19.5 Å². The summed E-state index contributed by atoms with van der Waals surface area (Å²) in [7, 11) is 1.59. The first-order chi connectivity index (χ1) is 15.5. The van der Waals surface area contributed by atoms with E-state index in [0.29, 0.717) is 24.7 Å². The van der Waals surface area contributed by atoms with Gasteiger partial charge in [0.25, 0.3) is 0 Å². The molecule has 0 aliphatic heterocycles. The Balaban J connectivity index is 1.63. The fourth-order valence-electron chi connectivity index (χ4n) is 3.30. The highest BCUT2D eigenvalue weighted by atomic mass is 16.5. The minimum atomic E-state index is 0.536. The van der Waals surface area contributed by atoms with Crippen molar-refractivity contribution in [1.82, 2.24) is 4.98 Å². The molecule has 0 amide bonds. The predicted octanol–water partition coefficient (Wildman–Crippen LogP) is 4.72. The number of nitrogens with zero attached hydrogens (tertiary/aromatic N) is 1.